The highest BCUT2D eigenvalue weighted by molar-refractivity contribution is 8.13. The van der Waals surface area contributed by atoms with Crippen molar-refractivity contribution >= 4 is 23.3 Å². The maximum absolute atomic E-state index is 11.8. The number of carbonyl (C=O) groups excluding carboxylic acids is 2. The molecule has 6 heteroatoms. The normalized spacial score (nSPS) is 11.1. The molecule has 0 aromatic heterocycles. The zero-order valence-corrected chi connectivity index (χ0v) is 16.4. The monoisotopic (exact) mass is 354 g/mol. The first-order valence-corrected chi connectivity index (χ1v) is 9.13. The Morgan fingerprint density at radius 1 is 1.33 bits per heavy atom. The van der Waals surface area contributed by atoms with E-state index in [1.165, 1.54) is 0 Å². The van der Waals surface area contributed by atoms with Crippen LogP contribution in [0.5, 0.6) is 5.75 Å². The van der Waals surface area contributed by atoms with Crippen molar-refractivity contribution in [2.24, 2.45) is 0 Å². The highest BCUT2D eigenvalue weighted by Crippen LogP contribution is 2.27. The predicted molar refractivity (Wildman–Crippen MR) is 103 cm³/mol. The lowest BCUT2D eigenvalue weighted by atomic mass is 9.99. The van der Waals surface area contributed by atoms with E-state index in [1.807, 2.05) is 33.9 Å². The molecule has 1 atom stereocenters. The van der Waals surface area contributed by atoms with Gasteiger partial charge in [0.05, 0.1) is 12.4 Å². The molecule has 0 aliphatic heterocycles. The Bertz CT molecular complexity index is 521. The summed E-state index contributed by atoms with van der Waals surface area (Å²) >= 11 is 1.01. The maximum Gasteiger partial charge on any atom is 0.233 e. The highest BCUT2D eigenvalue weighted by Gasteiger charge is 2.19. The van der Waals surface area contributed by atoms with Crippen molar-refractivity contribution in [2.45, 2.75) is 38.9 Å². The number of likely N-dealkylation sites (N-methyl/N-ethyl adjacent to an activating group) is 1. The minimum Gasteiger partial charge on any atom is -0.496 e. The summed E-state index contributed by atoms with van der Waals surface area (Å²) in [5.41, 5.74) is 3.90. The first kappa shape index (κ1) is 22.5. The molecule has 136 valence electrons. The molecule has 0 saturated heterocycles. The van der Waals surface area contributed by atoms with Crippen LogP contribution >= 0.6 is 11.8 Å². The minimum atomic E-state index is -0.410. The number of amides is 1. The number of hydrogen-bond donors (Lipinski definition) is 2. The van der Waals surface area contributed by atoms with Gasteiger partial charge in [-0.05, 0) is 50.0 Å². The zero-order chi connectivity index (χ0) is 18.5. The molecule has 0 bridgehead atoms. The van der Waals surface area contributed by atoms with Gasteiger partial charge >= 0.3 is 0 Å². The second kappa shape index (κ2) is 12.8. The Balaban J connectivity index is 0.00000254. The zero-order valence-electron chi connectivity index (χ0n) is 15.6. The lowest BCUT2D eigenvalue weighted by Gasteiger charge is -2.17. The van der Waals surface area contributed by atoms with E-state index in [-0.39, 0.29) is 5.91 Å². The molecule has 0 saturated carbocycles. The predicted octanol–water partition coefficient (Wildman–Crippen LogP) is 2.37. The summed E-state index contributed by atoms with van der Waals surface area (Å²) in [5, 5.41) is 5.32. The summed E-state index contributed by atoms with van der Waals surface area (Å²) in [7, 11) is 5.16. The van der Waals surface area contributed by atoms with Crippen LogP contribution in [0.2, 0.25) is 0 Å². The van der Waals surface area contributed by atoms with E-state index in [2.05, 4.69) is 16.7 Å². The minimum absolute atomic E-state index is 0.137. The quantitative estimate of drug-likeness (QED) is 0.667. The van der Waals surface area contributed by atoms with Gasteiger partial charge in [0, 0.05) is 7.05 Å². The van der Waals surface area contributed by atoms with E-state index in [0.717, 1.165) is 52.8 Å². The number of methoxy groups -OCH3 is 1. The van der Waals surface area contributed by atoms with E-state index in [9.17, 15) is 9.59 Å². The van der Waals surface area contributed by atoms with Gasteiger partial charge in [-0.3, -0.25) is 9.59 Å². The second-order valence-electron chi connectivity index (χ2n) is 5.00. The summed E-state index contributed by atoms with van der Waals surface area (Å²) < 4.78 is 5.48. The summed E-state index contributed by atoms with van der Waals surface area (Å²) in [4.78, 5) is 22.6. The van der Waals surface area contributed by atoms with Crippen LogP contribution in [-0.2, 0) is 22.4 Å². The molecule has 1 amide bonds. The van der Waals surface area contributed by atoms with E-state index >= 15 is 0 Å². The van der Waals surface area contributed by atoms with Crippen molar-refractivity contribution in [2.75, 3.05) is 27.7 Å². The SMILES string of the molecule is CC.CNCCc1cc(CC(SC=O)C(=O)NC)cc(C)c1OC. The number of thioether (sulfide) groups is 1. The topological polar surface area (TPSA) is 67.4 Å². The summed E-state index contributed by atoms with van der Waals surface area (Å²) in [6.45, 7) is 6.84. The molecule has 0 fully saturated rings. The van der Waals surface area contributed by atoms with Crippen molar-refractivity contribution in [1.82, 2.24) is 10.6 Å². The molecule has 1 rings (SSSR count). The third-order valence-electron chi connectivity index (χ3n) is 3.44. The van der Waals surface area contributed by atoms with Crippen LogP contribution in [0.4, 0.5) is 0 Å². The standard InChI is InChI=1S/C16H24N2O3S.C2H6/c1-11-7-12(9-14(22-10-19)16(20)18-3)8-13(5-6-17-2)15(11)21-4;1-2/h7-8,10,14,17H,5-6,9H2,1-4H3,(H,18,20);1-2H3. The molecule has 0 aliphatic rings. The van der Waals surface area contributed by atoms with Gasteiger partial charge in [-0.1, -0.05) is 37.7 Å². The van der Waals surface area contributed by atoms with E-state index in [1.54, 1.807) is 14.2 Å². The van der Waals surface area contributed by atoms with Crippen LogP contribution in [0.25, 0.3) is 0 Å². The fourth-order valence-corrected chi connectivity index (χ4v) is 3.09. The molecule has 1 aromatic rings. The number of ether oxygens (including phenoxy) is 1. The van der Waals surface area contributed by atoms with Crippen molar-refractivity contribution in [1.29, 1.82) is 0 Å². The smallest absolute Gasteiger partial charge is 0.233 e. The third-order valence-corrected chi connectivity index (χ3v) is 4.26. The van der Waals surface area contributed by atoms with Crippen molar-refractivity contribution in [3.8, 4) is 5.75 Å². The van der Waals surface area contributed by atoms with Gasteiger partial charge in [0.15, 0.2) is 5.62 Å². The molecule has 1 aromatic carbocycles. The number of rotatable bonds is 9. The number of hydrogen-bond acceptors (Lipinski definition) is 5. The van der Waals surface area contributed by atoms with Crippen LogP contribution in [0.3, 0.4) is 0 Å². The maximum atomic E-state index is 11.8. The Morgan fingerprint density at radius 2 is 2.00 bits per heavy atom. The lowest BCUT2D eigenvalue weighted by molar-refractivity contribution is -0.120. The molecular weight excluding hydrogens is 324 g/mol. The Labute approximate surface area is 149 Å². The summed E-state index contributed by atoms with van der Waals surface area (Å²) in [6.07, 6.45) is 1.36. The number of benzene rings is 1. The molecule has 0 radical (unpaired) electrons. The van der Waals surface area contributed by atoms with Gasteiger partial charge in [-0.15, -0.1) is 0 Å². The van der Waals surface area contributed by atoms with Crippen LogP contribution in [-0.4, -0.2) is 44.5 Å². The van der Waals surface area contributed by atoms with E-state index < -0.39 is 5.25 Å². The van der Waals surface area contributed by atoms with Gasteiger partial charge in [-0.25, -0.2) is 0 Å². The Morgan fingerprint density at radius 3 is 2.50 bits per heavy atom. The molecule has 24 heavy (non-hydrogen) atoms. The van der Waals surface area contributed by atoms with Gasteiger partial charge in [0.25, 0.3) is 0 Å². The van der Waals surface area contributed by atoms with Crippen LogP contribution in [0.1, 0.15) is 30.5 Å². The average molecular weight is 355 g/mol. The van der Waals surface area contributed by atoms with E-state index in [0.29, 0.717) is 6.42 Å². The second-order valence-corrected chi connectivity index (χ2v) is 6.03. The van der Waals surface area contributed by atoms with Crippen LogP contribution < -0.4 is 15.4 Å². The third kappa shape index (κ3) is 6.93. The molecular formula is C18H30N2O3S. The molecule has 5 nitrogen and oxygen atoms in total. The highest BCUT2D eigenvalue weighted by atomic mass is 32.2. The van der Waals surface area contributed by atoms with Crippen LogP contribution in [0.15, 0.2) is 12.1 Å². The molecule has 0 spiro atoms. The van der Waals surface area contributed by atoms with Crippen molar-refractivity contribution in [3.05, 3.63) is 28.8 Å². The molecule has 2 N–H and O–H groups in total. The Kier molecular flexibility index (Phi) is 12.0. The number of carbonyl (C=O) groups is 2. The number of aryl methyl sites for hydroxylation is 1. The van der Waals surface area contributed by atoms with Crippen molar-refractivity contribution in [3.63, 3.8) is 0 Å². The fourth-order valence-electron chi connectivity index (χ4n) is 2.43. The van der Waals surface area contributed by atoms with Gasteiger partial charge in [0.2, 0.25) is 5.91 Å². The average Bonchev–Trinajstić information content (AvgIpc) is 2.60. The van der Waals surface area contributed by atoms with Crippen LogP contribution in [0, 0.1) is 6.92 Å². The summed E-state index contributed by atoms with van der Waals surface area (Å²) in [5.74, 6) is 0.751. The van der Waals surface area contributed by atoms with Gasteiger partial charge in [0.1, 0.15) is 5.75 Å². The number of nitrogens with one attached hydrogen (secondary N) is 2. The van der Waals surface area contributed by atoms with Gasteiger partial charge in [-0.2, -0.15) is 0 Å². The molecule has 0 heterocycles. The molecule has 1 unspecified atom stereocenters. The van der Waals surface area contributed by atoms with Crippen molar-refractivity contribution < 1.29 is 14.3 Å². The van der Waals surface area contributed by atoms with Gasteiger partial charge < -0.3 is 15.4 Å². The fraction of sp³-hybridized carbons (Fsp3) is 0.556. The first-order valence-electron chi connectivity index (χ1n) is 8.19. The first-order chi connectivity index (χ1) is 11.6. The van der Waals surface area contributed by atoms with E-state index in [4.69, 9.17) is 4.74 Å². The Hall–Kier alpha value is -1.53. The lowest BCUT2D eigenvalue weighted by Crippen LogP contribution is -2.31. The molecule has 0 aliphatic carbocycles. The summed E-state index contributed by atoms with van der Waals surface area (Å²) in [6, 6.07) is 4.08. The largest absolute Gasteiger partial charge is 0.496 e.